The van der Waals surface area contributed by atoms with Crippen LogP contribution in [0.5, 0.6) is 11.8 Å². The molecule has 1 fully saturated rings. The van der Waals surface area contributed by atoms with Gasteiger partial charge in [0.25, 0.3) is 11.6 Å². The third-order valence-electron chi connectivity index (χ3n) is 5.76. The van der Waals surface area contributed by atoms with Crippen LogP contribution in [-0.2, 0) is 0 Å². The number of nitro groups is 1. The predicted octanol–water partition coefficient (Wildman–Crippen LogP) is 2.58. The van der Waals surface area contributed by atoms with Gasteiger partial charge in [0.1, 0.15) is 0 Å². The summed E-state index contributed by atoms with van der Waals surface area (Å²) in [4.78, 5) is 22.6. The van der Waals surface area contributed by atoms with E-state index in [0.29, 0.717) is 23.0 Å². The second kappa shape index (κ2) is 4.87. The van der Waals surface area contributed by atoms with Gasteiger partial charge in [-0.1, -0.05) is 12.2 Å². The molecule has 1 aromatic heterocycles. The molecule has 8 nitrogen and oxygen atoms in total. The van der Waals surface area contributed by atoms with Crippen LogP contribution >= 0.6 is 0 Å². The van der Waals surface area contributed by atoms with Crippen molar-refractivity contribution in [3.63, 3.8) is 0 Å². The Bertz CT molecular complexity index is 950. The monoisotopic (exact) mass is 353 g/mol. The van der Waals surface area contributed by atoms with Crippen molar-refractivity contribution in [2.45, 2.75) is 18.3 Å². The number of aromatic nitrogens is 1. The molecule has 1 heterocycles. The molecule has 132 valence electrons. The summed E-state index contributed by atoms with van der Waals surface area (Å²) in [6.45, 7) is 0. The summed E-state index contributed by atoms with van der Waals surface area (Å²) in [5.41, 5.74) is 3.93. The van der Waals surface area contributed by atoms with E-state index < -0.39 is 10.8 Å². The fourth-order valence-electron chi connectivity index (χ4n) is 4.45. The molecule has 0 saturated heterocycles. The lowest BCUT2D eigenvalue weighted by Crippen LogP contribution is -2.22. The molecular formula is C18H15N3O5. The fourth-order valence-corrected chi connectivity index (χ4v) is 4.45. The molecule has 1 saturated carbocycles. The molecule has 0 aliphatic heterocycles. The number of allylic oxidation sites excluding steroid dienone is 2. The third kappa shape index (κ3) is 1.86. The summed E-state index contributed by atoms with van der Waals surface area (Å²) >= 11 is 0. The Labute approximate surface area is 147 Å². The number of carbonyl (C=O) groups excluding carboxylic acids is 1. The number of aromatic hydroxyl groups is 2. The number of hydrogen-bond donors (Lipinski definition) is 3. The molecule has 0 spiro atoms. The molecule has 4 unspecified atom stereocenters. The van der Waals surface area contributed by atoms with E-state index >= 15 is 0 Å². The van der Waals surface area contributed by atoms with E-state index in [0.717, 1.165) is 11.1 Å². The van der Waals surface area contributed by atoms with Crippen LogP contribution in [0.25, 0.3) is 0 Å². The molecular weight excluding hydrogens is 338 g/mol. The SMILES string of the molecule is O=C(Nn1c(O)c2c(c1O)C1C=CC2C2CC12)c1ccc([N+](=O)[O-])cc1. The number of rotatable bonds is 3. The lowest BCUT2D eigenvalue weighted by molar-refractivity contribution is -0.384. The first-order valence-corrected chi connectivity index (χ1v) is 8.38. The smallest absolute Gasteiger partial charge is 0.270 e. The van der Waals surface area contributed by atoms with Crippen LogP contribution in [0.15, 0.2) is 36.4 Å². The van der Waals surface area contributed by atoms with Gasteiger partial charge in [0, 0.05) is 40.7 Å². The van der Waals surface area contributed by atoms with Gasteiger partial charge in [0.2, 0.25) is 11.8 Å². The minimum absolute atomic E-state index is 0.0726. The molecule has 4 aliphatic rings. The van der Waals surface area contributed by atoms with Crippen LogP contribution in [0.2, 0.25) is 0 Å². The van der Waals surface area contributed by atoms with E-state index in [1.54, 1.807) is 0 Å². The predicted molar refractivity (Wildman–Crippen MR) is 90.8 cm³/mol. The van der Waals surface area contributed by atoms with E-state index in [2.05, 4.69) is 17.6 Å². The van der Waals surface area contributed by atoms with Crippen LogP contribution in [0.3, 0.4) is 0 Å². The summed E-state index contributed by atoms with van der Waals surface area (Å²) < 4.78 is 1.01. The van der Waals surface area contributed by atoms with Crippen molar-refractivity contribution in [1.82, 2.24) is 4.68 Å². The van der Waals surface area contributed by atoms with Crippen molar-refractivity contribution in [1.29, 1.82) is 0 Å². The van der Waals surface area contributed by atoms with E-state index in [1.807, 2.05) is 0 Å². The lowest BCUT2D eigenvalue weighted by Gasteiger charge is -2.29. The average molecular weight is 353 g/mol. The largest absolute Gasteiger partial charge is 0.493 e. The van der Waals surface area contributed by atoms with Gasteiger partial charge in [-0.05, 0) is 30.4 Å². The minimum atomic E-state index is -0.580. The van der Waals surface area contributed by atoms with Crippen molar-refractivity contribution in [2.24, 2.45) is 11.8 Å². The van der Waals surface area contributed by atoms with Gasteiger partial charge >= 0.3 is 0 Å². The summed E-state index contributed by atoms with van der Waals surface area (Å²) in [6, 6.07) is 5.11. The zero-order chi connectivity index (χ0) is 18.2. The Kier molecular flexibility index (Phi) is 2.81. The van der Waals surface area contributed by atoms with Gasteiger partial charge in [-0.25, -0.2) is 0 Å². The molecule has 1 amide bonds. The van der Waals surface area contributed by atoms with Gasteiger partial charge in [-0.15, -0.1) is 0 Å². The van der Waals surface area contributed by atoms with Crippen LogP contribution in [0.4, 0.5) is 5.69 Å². The van der Waals surface area contributed by atoms with E-state index in [4.69, 9.17) is 0 Å². The Balaban J connectivity index is 1.47. The van der Waals surface area contributed by atoms with E-state index in [-0.39, 0.29) is 34.8 Å². The normalized spacial score (nSPS) is 26.9. The highest BCUT2D eigenvalue weighted by atomic mass is 16.6. The number of nitrogens with one attached hydrogen (secondary N) is 1. The van der Waals surface area contributed by atoms with Gasteiger partial charge in [-0.2, -0.15) is 4.68 Å². The van der Waals surface area contributed by atoms with Gasteiger partial charge in [0.15, 0.2) is 0 Å². The summed E-state index contributed by atoms with van der Waals surface area (Å²) in [6.07, 6.45) is 5.23. The van der Waals surface area contributed by atoms with Crippen LogP contribution in [0.1, 0.15) is 39.7 Å². The van der Waals surface area contributed by atoms with Crippen LogP contribution in [-0.4, -0.2) is 25.7 Å². The Morgan fingerprint density at radius 1 is 1.08 bits per heavy atom. The molecule has 3 N–H and O–H groups in total. The van der Waals surface area contributed by atoms with Gasteiger partial charge < -0.3 is 10.2 Å². The molecule has 2 bridgehead atoms. The number of carbonyl (C=O) groups is 1. The highest BCUT2D eigenvalue weighted by Gasteiger charge is 2.57. The van der Waals surface area contributed by atoms with Crippen molar-refractivity contribution in [3.05, 3.63) is 63.2 Å². The quantitative estimate of drug-likeness (QED) is 0.445. The van der Waals surface area contributed by atoms with E-state index in [1.165, 1.54) is 24.3 Å². The molecule has 1 aromatic carbocycles. The molecule has 4 atom stereocenters. The zero-order valence-corrected chi connectivity index (χ0v) is 13.5. The Morgan fingerprint density at radius 3 is 2.12 bits per heavy atom. The van der Waals surface area contributed by atoms with Crippen LogP contribution in [0, 0.1) is 22.0 Å². The minimum Gasteiger partial charge on any atom is -0.493 e. The van der Waals surface area contributed by atoms with Crippen molar-refractivity contribution >= 4 is 11.6 Å². The number of hydrogen-bond acceptors (Lipinski definition) is 5. The Morgan fingerprint density at radius 2 is 1.62 bits per heavy atom. The average Bonchev–Trinajstić information content (AvgIpc) is 3.43. The lowest BCUT2D eigenvalue weighted by atomic mass is 9.73. The number of non-ortho nitro benzene ring substituents is 1. The van der Waals surface area contributed by atoms with Gasteiger partial charge in [0.05, 0.1) is 4.92 Å². The fraction of sp³-hybridized carbons (Fsp3) is 0.278. The first-order valence-electron chi connectivity index (χ1n) is 8.38. The Hall–Kier alpha value is -3.29. The maximum atomic E-state index is 12.4. The van der Waals surface area contributed by atoms with Crippen molar-refractivity contribution in [2.75, 3.05) is 5.43 Å². The summed E-state index contributed by atoms with van der Waals surface area (Å²) in [5, 5.41) is 31.9. The van der Waals surface area contributed by atoms with Crippen LogP contribution < -0.4 is 5.43 Å². The standard InChI is InChI=1S/C18H15N3O5/c22-16(8-1-3-9(4-2-8)21(25)26)19-20-17(23)14-10-5-6-11(13-7-12(10)13)15(14)18(20)24/h1-6,10-13,23-24H,7H2,(H,19,22). The maximum absolute atomic E-state index is 12.4. The number of nitrogens with zero attached hydrogens (tertiary/aromatic N) is 2. The highest BCUT2D eigenvalue weighted by Crippen LogP contribution is 2.67. The second-order valence-electron chi connectivity index (χ2n) is 7.05. The molecule has 8 heteroatoms. The first kappa shape index (κ1) is 15.0. The first-order chi connectivity index (χ1) is 12.5. The maximum Gasteiger partial charge on any atom is 0.270 e. The summed E-state index contributed by atoms with van der Waals surface area (Å²) in [5.74, 6) is 0.262. The second-order valence-corrected chi connectivity index (χ2v) is 7.05. The van der Waals surface area contributed by atoms with Crippen molar-refractivity contribution in [3.8, 4) is 11.8 Å². The number of nitro benzene ring substituents is 1. The molecule has 0 radical (unpaired) electrons. The van der Waals surface area contributed by atoms with Crippen molar-refractivity contribution < 1.29 is 19.9 Å². The van der Waals surface area contributed by atoms with Gasteiger partial charge in [-0.3, -0.25) is 20.3 Å². The molecule has 4 aliphatic carbocycles. The molecule has 26 heavy (non-hydrogen) atoms. The topological polar surface area (TPSA) is 118 Å². The number of benzene rings is 1. The molecule has 2 aromatic rings. The highest BCUT2D eigenvalue weighted by molar-refractivity contribution is 6.00. The third-order valence-corrected chi connectivity index (χ3v) is 5.76. The van der Waals surface area contributed by atoms with E-state index in [9.17, 15) is 25.1 Å². The zero-order valence-electron chi connectivity index (χ0n) is 13.5. The summed E-state index contributed by atoms with van der Waals surface area (Å²) in [7, 11) is 0. The molecule has 6 rings (SSSR count). The number of amides is 1.